The van der Waals surface area contributed by atoms with Crippen LogP contribution in [0.25, 0.3) is 0 Å². The second-order valence-electron chi connectivity index (χ2n) is 3.55. The van der Waals surface area contributed by atoms with Gasteiger partial charge in [-0.3, -0.25) is 0 Å². The molecule has 0 aromatic heterocycles. The van der Waals surface area contributed by atoms with Crippen molar-refractivity contribution >= 4 is 5.97 Å². The van der Waals surface area contributed by atoms with Crippen LogP contribution in [0, 0.1) is 5.92 Å². The van der Waals surface area contributed by atoms with Crippen molar-refractivity contribution in [2.24, 2.45) is 5.92 Å². The Morgan fingerprint density at radius 3 is 2.71 bits per heavy atom. The summed E-state index contributed by atoms with van der Waals surface area (Å²) in [5, 5.41) is 0. The normalized spacial score (nSPS) is 19.6. The summed E-state index contributed by atoms with van der Waals surface area (Å²) in [6.45, 7) is 2.16. The van der Waals surface area contributed by atoms with E-state index >= 15 is 0 Å². The molecule has 1 saturated carbocycles. The zero-order valence-electron chi connectivity index (χ0n) is 8.50. The predicted molar refractivity (Wildman–Crippen MR) is 49.4 cm³/mol. The highest BCUT2D eigenvalue weighted by atomic mass is 19.1. The van der Waals surface area contributed by atoms with Crippen LogP contribution in [-0.2, 0) is 14.3 Å². The number of ether oxygens (including phenoxy) is 2. The Morgan fingerprint density at radius 1 is 1.50 bits per heavy atom. The lowest BCUT2D eigenvalue weighted by Gasteiger charge is -2.12. The summed E-state index contributed by atoms with van der Waals surface area (Å²) in [5.41, 5.74) is 0. The molecule has 0 amide bonds. The Bertz CT molecular complexity index is 178. The minimum atomic E-state index is -1.91. The zero-order valence-corrected chi connectivity index (χ0v) is 8.50. The van der Waals surface area contributed by atoms with Crippen LogP contribution in [0.5, 0.6) is 0 Å². The van der Waals surface area contributed by atoms with Crippen molar-refractivity contribution in [2.45, 2.75) is 39.0 Å². The summed E-state index contributed by atoms with van der Waals surface area (Å²) in [7, 11) is 0. The van der Waals surface area contributed by atoms with Crippen LogP contribution in [0.1, 0.15) is 32.6 Å². The first-order valence-electron chi connectivity index (χ1n) is 5.16. The Kier molecular flexibility index (Phi) is 4.87. The molecule has 1 aliphatic carbocycles. The molecule has 0 saturated heterocycles. The minimum Gasteiger partial charge on any atom is -0.462 e. The van der Waals surface area contributed by atoms with Crippen molar-refractivity contribution < 1.29 is 18.7 Å². The predicted octanol–water partition coefficient (Wildman–Crippen LogP) is 2.05. The fourth-order valence-corrected chi connectivity index (χ4v) is 1.67. The lowest BCUT2D eigenvalue weighted by atomic mass is 10.1. The van der Waals surface area contributed by atoms with Gasteiger partial charge in [0, 0.05) is 0 Å². The topological polar surface area (TPSA) is 35.5 Å². The number of carbonyl (C=O) groups excluding carboxylic acids is 1. The number of hydrogen-bond acceptors (Lipinski definition) is 3. The quantitative estimate of drug-likeness (QED) is 0.643. The molecule has 1 fully saturated rings. The number of alkyl halides is 1. The summed E-state index contributed by atoms with van der Waals surface area (Å²) in [5.74, 6) is -0.492. The third-order valence-corrected chi connectivity index (χ3v) is 2.42. The Hall–Kier alpha value is -0.640. The van der Waals surface area contributed by atoms with Crippen LogP contribution in [0.2, 0.25) is 0 Å². The van der Waals surface area contributed by atoms with Gasteiger partial charge < -0.3 is 9.47 Å². The van der Waals surface area contributed by atoms with Gasteiger partial charge >= 0.3 is 5.97 Å². The van der Waals surface area contributed by atoms with E-state index in [4.69, 9.17) is 4.74 Å². The maximum Gasteiger partial charge on any atom is 0.368 e. The fraction of sp³-hybridized carbons (Fsp3) is 0.900. The molecule has 4 heteroatoms. The Balaban J connectivity index is 2.13. The maximum absolute atomic E-state index is 12.9. The van der Waals surface area contributed by atoms with Gasteiger partial charge in [-0.15, -0.1) is 0 Å². The summed E-state index contributed by atoms with van der Waals surface area (Å²) < 4.78 is 22.2. The third-order valence-electron chi connectivity index (χ3n) is 2.42. The van der Waals surface area contributed by atoms with Crippen molar-refractivity contribution in [3.63, 3.8) is 0 Å². The average Bonchev–Trinajstić information content (AvgIpc) is 2.67. The first-order valence-corrected chi connectivity index (χ1v) is 5.16. The van der Waals surface area contributed by atoms with Gasteiger partial charge in [0.15, 0.2) is 0 Å². The lowest BCUT2D eigenvalue weighted by molar-refractivity contribution is -0.170. The van der Waals surface area contributed by atoms with Gasteiger partial charge in [0.1, 0.15) is 0 Å². The van der Waals surface area contributed by atoms with E-state index < -0.39 is 12.3 Å². The molecule has 1 unspecified atom stereocenters. The molecule has 0 aromatic carbocycles. The highest BCUT2D eigenvalue weighted by Crippen LogP contribution is 2.25. The van der Waals surface area contributed by atoms with Gasteiger partial charge in [-0.2, -0.15) is 0 Å². The van der Waals surface area contributed by atoms with Crippen molar-refractivity contribution in [2.75, 3.05) is 13.2 Å². The molecule has 1 aliphatic rings. The first kappa shape index (κ1) is 11.4. The van der Waals surface area contributed by atoms with E-state index in [1.54, 1.807) is 6.92 Å². The number of esters is 1. The van der Waals surface area contributed by atoms with Crippen molar-refractivity contribution in [3.05, 3.63) is 0 Å². The summed E-state index contributed by atoms with van der Waals surface area (Å²) in [4.78, 5) is 10.8. The van der Waals surface area contributed by atoms with E-state index in [1.165, 1.54) is 12.8 Å². The van der Waals surface area contributed by atoms with E-state index in [9.17, 15) is 9.18 Å². The van der Waals surface area contributed by atoms with Crippen molar-refractivity contribution in [1.29, 1.82) is 0 Å². The maximum atomic E-state index is 12.9. The second kappa shape index (κ2) is 5.96. The zero-order chi connectivity index (χ0) is 10.4. The Labute approximate surface area is 83.6 Å². The second-order valence-corrected chi connectivity index (χ2v) is 3.55. The standard InChI is InChI=1S/C10H17FO3/c1-2-13-10(12)9(11)14-7-8-5-3-4-6-8/h8-9H,2-7H2,1H3. The van der Waals surface area contributed by atoms with Gasteiger partial charge in [-0.25, -0.2) is 9.18 Å². The monoisotopic (exact) mass is 204 g/mol. The molecule has 14 heavy (non-hydrogen) atoms. The van der Waals surface area contributed by atoms with Gasteiger partial charge in [-0.1, -0.05) is 12.8 Å². The highest BCUT2D eigenvalue weighted by Gasteiger charge is 2.22. The SMILES string of the molecule is CCOC(=O)C(F)OCC1CCCC1. The first-order chi connectivity index (χ1) is 6.74. The van der Waals surface area contributed by atoms with Crippen LogP contribution in [0.15, 0.2) is 0 Å². The molecule has 0 radical (unpaired) electrons. The summed E-state index contributed by atoms with van der Waals surface area (Å²) in [6.07, 6.45) is 2.62. The molecule has 82 valence electrons. The van der Waals surface area contributed by atoms with Crippen LogP contribution >= 0.6 is 0 Å². The van der Waals surface area contributed by atoms with Gasteiger partial charge in [0.25, 0.3) is 6.36 Å². The van der Waals surface area contributed by atoms with E-state index in [0.29, 0.717) is 12.5 Å². The number of hydrogen-bond donors (Lipinski definition) is 0. The Morgan fingerprint density at radius 2 is 2.14 bits per heavy atom. The smallest absolute Gasteiger partial charge is 0.368 e. The van der Waals surface area contributed by atoms with E-state index in [1.807, 2.05) is 0 Å². The molecule has 1 atom stereocenters. The van der Waals surface area contributed by atoms with E-state index in [-0.39, 0.29) is 6.61 Å². The van der Waals surface area contributed by atoms with Gasteiger partial charge in [0.2, 0.25) is 0 Å². The number of rotatable bonds is 5. The van der Waals surface area contributed by atoms with Gasteiger partial charge in [0.05, 0.1) is 13.2 Å². The molecule has 0 spiro atoms. The number of halogens is 1. The molecule has 0 aromatic rings. The minimum absolute atomic E-state index is 0.187. The van der Waals surface area contributed by atoms with Crippen molar-refractivity contribution in [3.8, 4) is 0 Å². The third kappa shape index (κ3) is 3.62. The molecule has 0 aliphatic heterocycles. The molecular formula is C10H17FO3. The molecule has 0 bridgehead atoms. The lowest BCUT2D eigenvalue weighted by Crippen LogP contribution is -2.24. The molecule has 0 heterocycles. The summed E-state index contributed by atoms with van der Waals surface area (Å²) in [6, 6.07) is 0. The highest BCUT2D eigenvalue weighted by molar-refractivity contribution is 5.72. The molecule has 0 N–H and O–H groups in total. The average molecular weight is 204 g/mol. The van der Waals surface area contributed by atoms with Crippen molar-refractivity contribution in [1.82, 2.24) is 0 Å². The molecular weight excluding hydrogens is 187 g/mol. The van der Waals surface area contributed by atoms with Crippen LogP contribution in [0.3, 0.4) is 0 Å². The molecule has 3 nitrogen and oxygen atoms in total. The number of carbonyl (C=O) groups is 1. The van der Waals surface area contributed by atoms with E-state index in [0.717, 1.165) is 12.8 Å². The fourth-order valence-electron chi connectivity index (χ4n) is 1.67. The van der Waals surface area contributed by atoms with E-state index in [2.05, 4.69) is 4.74 Å². The van der Waals surface area contributed by atoms with Crippen LogP contribution in [-0.4, -0.2) is 25.5 Å². The summed E-state index contributed by atoms with van der Waals surface area (Å²) >= 11 is 0. The van der Waals surface area contributed by atoms with Gasteiger partial charge in [-0.05, 0) is 25.7 Å². The van der Waals surface area contributed by atoms with Crippen LogP contribution < -0.4 is 0 Å². The van der Waals surface area contributed by atoms with Crippen LogP contribution in [0.4, 0.5) is 4.39 Å². The largest absolute Gasteiger partial charge is 0.462 e. The molecule has 1 rings (SSSR count).